The topological polar surface area (TPSA) is 79.0 Å². The molecule has 0 saturated carbocycles. The monoisotopic (exact) mass is 332 g/mol. The predicted octanol–water partition coefficient (Wildman–Crippen LogP) is 1.79. The fourth-order valence-corrected chi connectivity index (χ4v) is 3.97. The molecule has 7 heteroatoms. The van der Waals surface area contributed by atoms with Crippen molar-refractivity contribution in [1.29, 1.82) is 0 Å². The van der Waals surface area contributed by atoms with E-state index in [1.165, 1.54) is 12.4 Å². The maximum absolute atomic E-state index is 12.6. The van der Waals surface area contributed by atoms with E-state index in [-0.39, 0.29) is 17.4 Å². The summed E-state index contributed by atoms with van der Waals surface area (Å²) in [6.45, 7) is 5.31. The Morgan fingerprint density at radius 3 is 3.00 bits per heavy atom. The molecule has 2 aromatic heterocycles. The van der Waals surface area contributed by atoms with E-state index in [9.17, 15) is 9.59 Å². The molecule has 0 spiro atoms. The number of likely N-dealkylation sites (tertiary alicyclic amines) is 1. The Morgan fingerprint density at radius 2 is 2.30 bits per heavy atom. The minimum Gasteiger partial charge on any atom is -0.342 e. The SMILES string of the molecule is Cc1nc(C)c(CC(=O)N2CCC[C@@H](c3cc(=O)[nH]cn3)C2)s1. The van der Waals surface area contributed by atoms with Gasteiger partial charge in [-0.25, -0.2) is 9.97 Å². The number of nitrogens with one attached hydrogen (secondary N) is 1. The minimum absolute atomic E-state index is 0.131. The van der Waals surface area contributed by atoms with Crippen LogP contribution < -0.4 is 5.56 Å². The van der Waals surface area contributed by atoms with Crippen LogP contribution in [0.25, 0.3) is 0 Å². The summed E-state index contributed by atoms with van der Waals surface area (Å²) in [5.74, 6) is 0.269. The van der Waals surface area contributed by atoms with E-state index in [1.54, 1.807) is 11.3 Å². The van der Waals surface area contributed by atoms with Crippen LogP contribution in [0.3, 0.4) is 0 Å². The van der Waals surface area contributed by atoms with E-state index in [1.807, 2.05) is 18.7 Å². The summed E-state index contributed by atoms with van der Waals surface area (Å²) in [7, 11) is 0. The van der Waals surface area contributed by atoms with Crippen LogP contribution in [0.1, 0.15) is 40.0 Å². The van der Waals surface area contributed by atoms with Crippen LogP contribution in [0.15, 0.2) is 17.2 Å². The van der Waals surface area contributed by atoms with Crippen molar-refractivity contribution in [3.8, 4) is 0 Å². The maximum atomic E-state index is 12.6. The highest BCUT2D eigenvalue weighted by molar-refractivity contribution is 7.11. The van der Waals surface area contributed by atoms with Gasteiger partial charge in [0.1, 0.15) is 0 Å². The molecule has 0 bridgehead atoms. The minimum atomic E-state index is -0.144. The first-order valence-corrected chi connectivity index (χ1v) is 8.60. The molecule has 2 aromatic rings. The van der Waals surface area contributed by atoms with Gasteiger partial charge in [-0.1, -0.05) is 0 Å². The number of thiazole rings is 1. The number of H-pyrrole nitrogens is 1. The Balaban J connectivity index is 1.69. The van der Waals surface area contributed by atoms with E-state index < -0.39 is 0 Å². The van der Waals surface area contributed by atoms with Crippen molar-refractivity contribution in [1.82, 2.24) is 19.9 Å². The molecule has 1 atom stereocenters. The zero-order valence-corrected chi connectivity index (χ0v) is 14.2. The van der Waals surface area contributed by atoms with Gasteiger partial charge in [-0.3, -0.25) is 9.59 Å². The lowest BCUT2D eigenvalue weighted by Crippen LogP contribution is -2.40. The summed E-state index contributed by atoms with van der Waals surface area (Å²) in [5.41, 5.74) is 1.58. The third-order valence-corrected chi connectivity index (χ3v) is 5.28. The highest BCUT2D eigenvalue weighted by atomic mass is 32.1. The first kappa shape index (κ1) is 15.9. The van der Waals surface area contributed by atoms with Crippen LogP contribution in [-0.2, 0) is 11.2 Å². The van der Waals surface area contributed by atoms with Crippen LogP contribution in [-0.4, -0.2) is 38.8 Å². The molecule has 1 N–H and O–H groups in total. The van der Waals surface area contributed by atoms with Gasteiger partial charge in [0.15, 0.2) is 0 Å². The Morgan fingerprint density at radius 1 is 1.48 bits per heavy atom. The number of amides is 1. The number of carbonyl (C=O) groups excluding carboxylic acids is 1. The lowest BCUT2D eigenvalue weighted by Gasteiger charge is -2.32. The Labute approximate surface area is 138 Å². The fourth-order valence-electron chi connectivity index (χ4n) is 3.04. The molecule has 1 aliphatic heterocycles. The quantitative estimate of drug-likeness (QED) is 0.929. The number of aromatic nitrogens is 3. The first-order valence-electron chi connectivity index (χ1n) is 7.78. The number of nitrogens with zero attached hydrogens (tertiary/aromatic N) is 3. The van der Waals surface area contributed by atoms with Crippen molar-refractivity contribution in [3.05, 3.63) is 44.0 Å². The lowest BCUT2D eigenvalue weighted by molar-refractivity contribution is -0.131. The van der Waals surface area contributed by atoms with E-state index in [2.05, 4.69) is 15.0 Å². The van der Waals surface area contributed by atoms with E-state index in [0.29, 0.717) is 13.0 Å². The molecule has 0 aliphatic carbocycles. The second-order valence-electron chi connectivity index (χ2n) is 5.93. The van der Waals surface area contributed by atoms with Gasteiger partial charge in [-0.05, 0) is 26.7 Å². The highest BCUT2D eigenvalue weighted by Crippen LogP contribution is 2.26. The number of piperidine rings is 1. The number of aryl methyl sites for hydroxylation is 2. The van der Waals surface area contributed by atoms with Crippen LogP contribution in [0.2, 0.25) is 0 Å². The summed E-state index contributed by atoms with van der Waals surface area (Å²) in [4.78, 5) is 38.1. The van der Waals surface area contributed by atoms with Crippen LogP contribution in [0.4, 0.5) is 0 Å². The molecule has 3 rings (SSSR count). The van der Waals surface area contributed by atoms with Crippen molar-refractivity contribution < 1.29 is 4.79 Å². The number of aromatic amines is 1. The molecule has 0 radical (unpaired) electrons. The number of hydrogen-bond donors (Lipinski definition) is 1. The average Bonchev–Trinajstić information content (AvgIpc) is 2.85. The normalized spacial score (nSPS) is 18.2. The van der Waals surface area contributed by atoms with Crippen molar-refractivity contribution in [2.75, 3.05) is 13.1 Å². The summed E-state index contributed by atoms with van der Waals surface area (Å²) in [6.07, 6.45) is 3.74. The molecular weight excluding hydrogens is 312 g/mol. The Kier molecular flexibility index (Phi) is 4.56. The van der Waals surface area contributed by atoms with Crippen LogP contribution in [0, 0.1) is 13.8 Å². The molecule has 0 unspecified atom stereocenters. The molecule has 122 valence electrons. The maximum Gasteiger partial charge on any atom is 0.250 e. The van der Waals surface area contributed by atoms with E-state index in [4.69, 9.17) is 0 Å². The molecular formula is C16H20N4O2S. The van der Waals surface area contributed by atoms with Gasteiger partial charge in [0, 0.05) is 30.0 Å². The zero-order valence-electron chi connectivity index (χ0n) is 13.3. The number of hydrogen-bond acceptors (Lipinski definition) is 5. The number of rotatable bonds is 3. The fraction of sp³-hybridized carbons (Fsp3) is 0.500. The summed E-state index contributed by atoms with van der Waals surface area (Å²) >= 11 is 1.59. The molecule has 1 aliphatic rings. The van der Waals surface area contributed by atoms with Crippen LogP contribution >= 0.6 is 11.3 Å². The van der Waals surface area contributed by atoms with Gasteiger partial charge < -0.3 is 9.88 Å². The predicted molar refractivity (Wildman–Crippen MR) is 88.7 cm³/mol. The largest absolute Gasteiger partial charge is 0.342 e. The third kappa shape index (κ3) is 3.67. The summed E-state index contributed by atoms with van der Waals surface area (Å²) in [5, 5.41) is 0.995. The van der Waals surface area contributed by atoms with Gasteiger partial charge in [-0.15, -0.1) is 11.3 Å². The van der Waals surface area contributed by atoms with Crippen LogP contribution in [0.5, 0.6) is 0 Å². The average molecular weight is 332 g/mol. The van der Waals surface area contributed by atoms with Gasteiger partial charge in [0.25, 0.3) is 5.56 Å². The molecule has 1 amide bonds. The Bertz CT molecular complexity index is 767. The van der Waals surface area contributed by atoms with Crippen molar-refractivity contribution >= 4 is 17.2 Å². The van der Waals surface area contributed by atoms with E-state index in [0.717, 1.165) is 40.7 Å². The van der Waals surface area contributed by atoms with Gasteiger partial charge in [-0.2, -0.15) is 0 Å². The summed E-state index contributed by atoms with van der Waals surface area (Å²) < 4.78 is 0. The second kappa shape index (κ2) is 6.62. The second-order valence-corrected chi connectivity index (χ2v) is 7.22. The van der Waals surface area contributed by atoms with E-state index >= 15 is 0 Å². The molecule has 1 fully saturated rings. The highest BCUT2D eigenvalue weighted by Gasteiger charge is 2.26. The summed E-state index contributed by atoms with van der Waals surface area (Å²) in [6, 6.07) is 1.54. The molecule has 3 heterocycles. The van der Waals surface area contributed by atoms with Crippen molar-refractivity contribution in [2.24, 2.45) is 0 Å². The Hall–Kier alpha value is -2.02. The van der Waals surface area contributed by atoms with Gasteiger partial charge in [0.05, 0.1) is 29.1 Å². The smallest absolute Gasteiger partial charge is 0.250 e. The molecule has 23 heavy (non-hydrogen) atoms. The lowest BCUT2D eigenvalue weighted by atomic mass is 9.94. The first-order chi connectivity index (χ1) is 11.0. The molecule has 6 nitrogen and oxygen atoms in total. The number of carbonyl (C=O) groups is 1. The van der Waals surface area contributed by atoms with Crippen molar-refractivity contribution in [2.45, 2.75) is 39.0 Å². The van der Waals surface area contributed by atoms with Gasteiger partial charge >= 0.3 is 0 Å². The van der Waals surface area contributed by atoms with Crippen molar-refractivity contribution in [3.63, 3.8) is 0 Å². The molecule has 1 saturated heterocycles. The standard InChI is InChI=1S/C16H20N4O2S/c1-10-14(23-11(2)19-10)7-16(22)20-5-3-4-12(8-20)13-6-15(21)18-9-17-13/h6,9,12H,3-5,7-8H2,1-2H3,(H,17,18,21)/t12-/m1/s1. The third-order valence-electron chi connectivity index (χ3n) is 4.20. The molecule has 0 aromatic carbocycles. The zero-order chi connectivity index (χ0) is 16.4. The van der Waals surface area contributed by atoms with Gasteiger partial charge in [0.2, 0.25) is 5.91 Å².